The Labute approximate surface area is 124 Å². The molecule has 0 aliphatic heterocycles. The van der Waals surface area contributed by atoms with Gasteiger partial charge in [-0.2, -0.15) is 5.26 Å². The third kappa shape index (κ3) is 4.85. The predicted octanol–water partition coefficient (Wildman–Crippen LogP) is 3.86. The van der Waals surface area contributed by atoms with Crippen LogP contribution >= 0.6 is 15.9 Å². The van der Waals surface area contributed by atoms with Crippen LogP contribution in [0.2, 0.25) is 0 Å². The molecule has 0 saturated heterocycles. The molecule has 1 aromatic rings. The fraction of sp³-hybridized carbons (Fsp3) is 0.533. The van der Waals surface area contributed by atoms with Crippen molar-refractivity contribution >= 4 is 21.6 Å². The van der Waals surface area contributed by atoms with Gasteiger partial charge in [-0.05, 0) is 37.6 Å². The van der Waals surface area contributed by atoms with Gasteiger partial charge in [0.25, 0.3) is 0 Å². The van der Waals surface area contributed by atoms with Crippen LogP contribution in [0.3, 0.4) is 0 Å². The number of anilines is 1. The van der Waals surface area contributed by atoms with Gasteiger partial charge in [-0.1, -0.05) is 28.9 Å². The Kier molecular flexibility index (Phi) is 6.90. The Balaban J connectivity index is 2.76. The molecule has 0 aliphatic rings. The zero-order chi connectivity index (χ0) is 14.3. The fourth-order valence-electron chi connectivity index (χ4n) is 1.92. The quantitative estimate of drug-likeness (QED) is 0.828. The standard InChI is InChI=1S/C15H22BrN3/c1-4-9-18-12(2)14-7-6-13(11-15(14)16)19(3)10-5-8-17/h6-7,11-12,18H,4-5,9-10H2,1-3H3. The van der Waals surface area contributed by atoms with E-state index < -0.39 is 0 Å². The summed E-state index contributed by atoms with van der Waals surface area (Å²) in [5, 5.41) is 12.1. The van der Waals surface area contributed by atoms with Gasteiger partial charge in [0, 0.05) is 29.8 Å². The average Bonchev–Trinajstić information content (AvgIpc) is 2.41. The first-order chi connectivity index (χ1) is 9.10. The van der Waals surface area contributed by atoms with E-state index in [-0.39, 0.29) is 0 Å². The van der Waals surface area contributed by atoms with Crippen LogP contribution in [0.5, 0.6) is 0 Å². The highest BCUT2D eigenvalue weighted by Crippen LogP contribution is 2.28. The van der Waals surface area contributed by atoms with E-state index in [0.29, 0.717) is 12.5 Å². The van der Waals surface area contributed by atoms with E-state index >= 15 is 0 Å². The van der Waals surface area contributed by atoms with Crippen LogP contribution in [0.25, 0.3) is 0 Å². The monoisotopic (exact) mass is 323 g/mol. The summed E-state index contributed by atoms with van der Waals surface area (Å²) in [5.74, 6) is 0. The highest BCUT2D eigenvalue weighted by molar-refractivity contribution is 9.10. The van der Waals surface area contributed by atoms with Crippen molar-refractivity contribution in [2.45, 2.75) is 32.7 Å². The molecule has 3 nitrogen and oxygen atoms in total. The number of hydrogen-bond acceptors (Lipinski definition) is 3. The Morgan fingerprint density at radius 2 is 2.21 bits per heavy atom. The highest BCUT2D eigenvalue weighted by Gasteiger charge is 2.10. The van der Waals surface area contributed by atoms with Crippen molar-refractivity contribution in [3.63, 3.8) is 0 Å². The third-order valence-corrected chi connectivity index (χ3v) is 3.84. The van der Waals surface area contributed by atoms with Crippen molar-refractivity contribution in [3.8, 4) is 6.07 Å². The average molecular weight is 324 g/mol. The highest BCUT2D eigenvalue weighted by atomic mass is 79.9. The van der Waals surface area contributed by atoms with Gasteiger partial charge >= 0.3 is 0 Å². The fourth-order valence-corrected chi connectivity index (χ4v) is 2.63. The Morgan fingerprint density at radius 1 is 1.47 bits per heavy atom. The van der Waals surface area contributed by atoms with E-state index in [4.69, 9.17) is 5.26 Å². The largest absolute Gasteiger partial charge is 0.374 e. The lowest BCUT2D eigenvalue weighted by Gasteiger charge is -2.21. The van der Waals surface area contributed by atoms with Crippen molar-refractivity contribution < 1.29 is 0 Å². The summed E-state index contributed by atoms with van der Waals surface area (Å²) < 4.78 is 1.12. The van der Waals surface area contributed by atoms with E-state index in [1.54, 1.807) is 0 Å². The van der Waals surface area contributed by atoms with Gasteiger partial charge in [0.1, 0.15) is 0 Å². The zero-order valence-corrected chi connectivity index (χ0v) is 13.5. The molecule has 4 heteroatoms. The minimum absolute atomic E-state index is 0.341. The molecule has 0 fully saturated rings. The van der Waals surface area contributed by atoms with Gasteiger partial charge in [-0.15, -0.1) is 0 Å². The number of nitrogens with zero attached hydrogens (tertiary/aromatic N) is 2. The molecular weight excluding hydrogens is 302 g/mol. The number of halogens is 1. The molecule has 0 aliphatic carbocycles. The molecule has 1 aromatic carbocycles. The van der Waals surface area contributed by atoms with Gasteiger partial charge < -0.3 is 10.2 Å². The number of nitriles is 1. The molecule has 0 amide bonds. The molecule has 0 radical (unpaired) electrons. The molecular formula is C15H22BrN3. The van der Waals surface area contributed by atoms with E-state index in [1.807, 2.05) is 7.05 Å². The summed E-state index contributed by atoms with van der Waals surface area (Å²) in [6.45, 7) is 6.13. The minimum Gasteiger partial charge on any atom is -0.374 e. The molecule has 0 heterocycles. The maximum absolute atomic E-state index is 8.62. The lowest BCUT2D eigenvalue weighted by molar-refractivity contribution is 0.569. The molecule has 1 unspecified atom stereocenters. The van der Waals surface area contributed by atoms with Crippen molar-refractivity contribution in [1.82, 2.24) is 5.32 Å². The van der Waals surface area contributed by atoms with Crippen LogP contribution in [0.1, 0.15) is 38.3 Å². The smallest absolute Gasteiger partial charge is 0.0640 e. The van der Waals surface area contributed by atoms with Gasteiger partial charge in [-0.25, -0.2) is 0 Å². The van der Waals surface area contributed by atoms with Crippen molar-refractivity contribution in [1.29, 1.82) is 5.26 Å². The second kappa shape index (κ2) is 8.19. The Morgan fingerprint density at radius 3 is 2.79 bits per heavy atom. The zero-order valence-electron chi connectivity index (χ0n) is 11.9. The Hall–Kier alpha value is -1.05. The first kappa shape index (κ1) is 16.0. The van der Waals surface area contributed by atoms with Crippen molar-refractivity contribution in [3.05, 3.63) is 28.2 Å². The molecule has 0 aromatic heterocycles. The topological polar surface area (TPSA) is 39.1 Å². The summed E-state index contributed by atoms with van der Waals surface area (Å²) in [7, 11) is 2.01. The van der Waals surface area contributed by atoms with Gasteiger partial charge in [0.2, 0.25) is 0 Å². The molecule has 0 saturated carbocycles. The molecule has 1 atom stereocenters. The molecule has 104 valence electrons. The van der Waals surface area contributed by atoms with Gasteiger partial charge in [0.05, 0.1) is 12.5 Å². The van der Waals surface area contributed by atoms with Crippen LogP contribution in [0.4, 0.5) is 5.69 Å². The molecule has 19 heavy (non-hydrogen) atoms. The number of nitrogens with one attached hydrogen (secondary N) is 1. The molecule has 0 spiro atoms. The number of hydrogen-bond donors (Lipinski definition) is 1. The number of rotatable bonds is 7. The lowest BCUT2D eigenvalue weighted by atomic mass is 10.1. The molecule has 0 bridgehead atoms. The van der Waals surface area contributed by atoms with Gasteiger partial charge in [-0.3, -0.25) is 0 Å². The first-order valence-corrected chi connectivity index (χ1v) is 7.50. The van der Waals surface area contributed by atoms with Crippen molar-refractivity contribution in [2.24, 2.45) is 0 Å². The van der Waals surface area contributed by atoms with E-state index in [2.05, 4.69) is 64.3 Å². The Bertz CT molecular complexity index is 440. The molecule has 1 N–H and O–H groups in total. The predicted molar refractivity (Wildman–Crippen MR) is 84.4 cm³/mol. The van der Waals surface area contributed by atoms with E-state index in [1.165, 1.54) is 5.56 Å². The van der Waals surface area contributed by atoms with E-state index in [0.717, 1.165) is 29.7 Å². The summed E-state index contributed by atoms with van der Waals surface area (Å²) in [4.78, 5) is 2.10. The SMILES string of the molecule is CCCNC(C)c1ccc(N(C)CCC#N)cc1Br. The summed E-state index contributed by atoms with van der Waals surface area (Å²) in [5.41, 5.74) is 2.40. The maximum atomic E-state index is 8.62. The summed E-state index contributed by atoms with van der Waals surface area (Å²) in [6, 6.07) is 8.90. The van der Waals surface area contributed by atoms with Crippen LogP contribution in [-0.4, -0.2) is 20.1 Å². The van der Waals surface area contributed by atoms with E-state index in [9.17, 15) is 0 Å². The minimum atomic E-state index is 0.341. The van der Waals surface area contributed by atoms with Crippen LogP contribution in [0, 0.1) is 11.3 Å². The third-order valence-electron chi connectivity index (χ3n) is 3.15. The molecule has 1 rings (SSSR count). The number of benzene rings is 1. The summed E-state index contributed by atoms with van der Waals surface area (Å²) >= 11 is 3.64. The lowest BCUT2D eigenvalue weighted by Crippen LogP contribution is -2.21. The van der Waals surface area contributed by atoms with Gasteiger partial charge in [0.15, 0.2) is 0 Å². The maximum Gasteiger partial charge on any atom is 0.0640 e. The second-order valence-corrected chi connectivity index (χ2v) is 5.57. The van der Waals surface area contributed by atoms with Crippen molar-refractivity contribution in [2.75, 3.05) is 25.0 Å². The summed E-state index contributed by atoms with van der Waals surface area (Å²) in [6.07, 6.45) is 1.68. The van der Waals surface area contributed by atoms with Crippen LogP contribution < -0.4 is 10.2 Å². The first-order valence-electron chi connectivity index (χ1n) is 6.71. The van der Waals surface area contributed by atoms with Crippen LogP contribution in [0.15, 0.2) is 22.7 Å². The second-order valence-electron chi connectivity index (χ2n) is 4.71. The van der Waals surface area contributed by atoms with Crippen LogP contribution in [-0.2, 0) is 0 Å². The normalized spacial score (nSPS) is 11.9.